The summed E-state index contributed by atoms with van der Waals surface area (Å²) in [6.07, 6.45) is -4.64. The molecular formula is C15H16Cl2F3N5O. The van der Waals surface area contributed by atoms with Crippen molar-refractivity contribution in [2.75, 3.05) is 37.8 Å². The Bertz CT molecular complexity index is 763. The maximum Gasteiger partial charge on any atom is 0.433 e. The summed E-state index contributed by atoms with van der Waals surface area (Å²) in [7, 11) is 3.67. The molecule has 0 aliphatic heterocycles. The quantitative estimate of drug-likeness (QED) is 0.620. The van der Waals surface area contributed by atoms with Gasteiger partial charge in [-0.3, -0.25) is 0 Å². The second-order valence-electron chi connectivity index (χ2n) is 5.60. The Morgan fingerprint density at radius 3 is 2.27 bits per heavy atom. The van der Waals surface area contributed by atoms with Crippen LogP contribution < -0.4 is 10.6 Å². The van der Waals surface area contributed by atoms with Crippen LogP contribution in [0.2, 0.25) is 10.0 Å². The third-order valence-electron chi connectivity index (χ3n) is 3.15. The summed E-state index contributed by atoms with van der Waals surface area (Å²) in [5, 5.41) is 14.9. The van der Waals surface area contributed by atoms with E-state index in [-0.39, 0.29) is 33.2 Å². The molecule has 2 aromatic rings. The highest BCUT2D eigenvalue weighted by Crippen LogP contribution is 2.36. The van der Waals surface area contributed by atoms with Gasteiger partial charge in [0.1, 0.15) is 5.82 Å². The number of rotatable bonds is 6. The minimum absolute atomic E-state index is 0.0468. The van der Waals surface area contributed by atoms with Crippen LogP contribution in [0.4, 0.5) is 30.6 Å². The third-order valence-corrected chi connectivity index (χ3v) is 3.72. The predicted molar refractivity (Wildman–Crippen MR) is 95.5 cm³/mol. The Labute approximate surface area is 158 Å². The first kappa shape index (κ1) is 20.3. The molecule has 2 rings (SSSR count). The van der Waals surface area contributed by atoms with E-state index in [0.29, 0.717) is 13.1 Å². The van der Waals surface area contributed by atoms with Gasteiger partial charge in [-0.25, -0.2) is 4.98 Å². The molecule has 0 fully saturated rings. The molecule has 0 atom stereocenters. The van der Waals surface area contributed by atoms with E-state index in [1.54, 1.807) is 0 Å². The largest absolute Gasteiger partial charge is 0.505 e. The molecule has 0 radical (unpaired) electrons. The Hall–Kier alpha value is -1.97. The van der Waals surface area contributed by atoms with Gasteiger partial charge in [0, 0.05) is 24.8 Å². The average Bonchev–Trinajstić information content (AvgIpc) is 2.51. The van der Waals surface area contributed by atoms with E-state index in [9.17, 15) is 18.3 Å². The van der Waals surface area contributed by atoms with Gasteiger partial charge in [-0.1, -0.05) is 23.2 Å². The SMILES string of the molecule is CN(C)CCNc1nc(Nc2cc(Cl)c(O)c(Cl)c2)cc(C(F)(F)F)n1. The van der Waals surface area contributed by atoms with Crippen molar-refractivity contribution in [2.45, 2.75) is 6.18 Å². The van der Waals surface area contributed by atoms with Crippen molar-refractivity contribution in [3.63, 3.8) is 0 Å². The maximum atomic E-state index is 13.1. The molecule has 0 saturated heterocycles. The van der Waals surface area contributed by atoms with Gasteiger partial charge in [0.15, 0.2) is 11.4 Å². The van der Waals surface area contributed by atoms with Crippen molar-refractivity contribution in [1.29, 1.82) is 0 Å². The van der Waals surface area contributed by atoms with Crippen molar-refractivity contribution in [1.82, 2.24) is 14.9 Å². The highest BCUT2D eigenvalue weighted by molar-refractivity contribution is 6.37. The second kappa shape index (κ2) is 8.15. The van der Waals surface area contributed by atoms with Crippen LogP contribution in [0.1, 0.15) is 5.69 Å². The summed E-state index contributed by atoms with van der Waals surface area (Å²) in [6, 6.07) is 3.40. The highest BCUT2D eigenvalue weighted by Gasteiger charge is 2.33. The maximum absolute atomic E-state index is 13.1. The first-order chi connectivity index (χ1) is 12.1. The number of hydrogen-bond acceptors (Lipinski definition) is 6. The molecule has 0 unspecified atom stereocenters. The minimum atomic E-state index is -4.64. The lowest BCUT2D eigenvalue weighted by Gasteiger charge is -2.14. The number of hydrogen-bond donors (Lipinski definition) is 3. The molecule has 0 spiro atoms. The standard InChI is InChI=1S/C15H16Cl2F3N5O/c1-25(2)4-3-21-14-23-11(15(18,19)20)7-12(24-14)22-8-5-9(16)13(26)10(17)6-8/h5-7,26H,3-4H2,1-2H3,(H2,21,22,23,24). The van der Waals surface area contributed by atoms with Crippen molar-refractivity contribution in [3.8, 4) is 5.75 Å². The number of likely N-dealkylation sites (N-methyl/N-ethyl adjacent to an activating group) is 1. The summed E-state index contributed by atoms with van der Waals surface area (Å²) in [4.78, 5) is 9.38. The fraction of sp³-hybridized carbons (Fsp3) is 0.333. The van der Waals surface area contributed by atoms with Crippen LogP contribution in [-0.2, 0) is 6.18 Å². The van der Waals surface area contributed by atoms with Crippen LogP contribution in [0.25, 0.3) is 0 Å². The number of nitrogens with one attached hydrogen (secondary N) is 2. The smallest absolute Gasteiger partial charge is 0.433 e. The zero-order valence-electron chi connectivity index (χ0n) is 13.8. The summed E-state index contributed by atoms with van der Waals surface area (Å²) in [6.45, 7) is 0.955. The molecule has 11 heteroatoms. The molecule has 1 aromatic carbocycles. The van der Waals surface area contributed by atoms with Crippen LogP contribution in [0.15, 0.2) is 18.2 Å². The van der Waals surface area contributed by atoms with E-state index >= 15 is 0 Å². The van der Waals surface area contributed by atoms with Gasteiger partial charge in [-0.2, -0.15) is 18.2 Å². The van der Waals surface area contributed by atoms with Gasteiger partial charge in [0.2, 0.25) is 5.95 Å². The third kappa shape index (κ3) is 5.52. The lowest BCUT2D eigenvalue weighted by molar-refractivity contribution is -0.141. The van der Waals surface area contributed by atoms with Crippen molar-refractivity contribution >= 4 is 40.7 Å². The molecule has 0 aliphatic carbocycles. The van der Waals surface area contributed by atoms with E-state index in [1.165, 1.54) is 12.1 Å². The number of halogens is 5. The zero-order valence-corrected chi connectivity index (χ0v) is 15.3. The number of nitrogens with zero attached hydrogens (tertiary/aromatic N) is 3. The normalized spacial score (nSPS) is 11.7. The van der Waals surface area contributed by atoms with E-state index in [0.717, 1.165) is 6.07 Å². The summed E-state index contributed by atoms with van der Waals surface area (Å²) < 4.78 is 39.3. The number of phenols is 1. The summed E-state index contributed by atoms with van der Waals surface area (Å²) in [5.41, 5.74) is -0.831. The van der Waals surface area contributed by atoms with Crippen molar-refractivity contribution in [2.24, 2.45) is 0 Å². The van der Waals surface area contributed by atoms with Crippen LogP contribution in [0.3, 0.4) is 0 Å². The van der Waals surface area contributed by atoms with Gasteiger partial charge >= 0.3 is 6.18 Å². The number of phenolic OH excluding ortho intramolecular Hbond substituents is 1. The van der Waals surface area contributed by atoms with Gasteiger partial charge < -0.3 is 20.6 Å². The Balaban J connectivity index is 2.31. The Morgan fingerprint density at radius 1 is 1.12 bits per heavy atom. The molecule has 0 amide bonds. The fourth-order valence-electron chi connectivity index (χ4n) is 1.91. The van der Waals surface area contributed by atoms with Crippen LogP contribution in [0.5, 0.6) is 5.75 Å². The number of anilines is 3. The van der Waals surface area contributed by atoms with E-state index < -0.39 is 11.9 Å². The molecule has 1 aromatic heterocycles. The molecule has 3 N–H and O–H groups in total. The number of aromatic hydroxyl groups is 1. The molecule has 0 bridgehead atoms. The van der Waals surface area contributed by atoms with Gasteiger partial charge in [-0.15, -0.1) is 0 Å². The van der Waals surface area contributed by atoms with E-state index in [2.05, 4.69) is 20.6 Å². The molecular weight excluding hydrogens is 394 g/mol. The van der Waals surface area contributed by atoms with Crippen LogP contribution >= 0.6 is 23.2 Å². The Morgan fingerprint density at radius 2 is 1.73 bits per heavy atom. The zero-order chi connectivity index (χ0) is 19.5. The van der Waals surface area contributed by atoms with Crippen molar-refractivity contribution < 1.29 is 18.3 Å². The molecule has 0 saturated carbocycles. The second-order valence-corrected chi connectivity index (χ2v) is 6.42. The summed E-state index contributed by atoms with van der Waals surface area (Å²) >= 11 is 11.6. The number of aromatic nitrogens is 2. The first-order valence-corrected chi connectivity index (χ1v) is 8.12. The molecule has 0 aliphatic rings. The molecule has 1 heterocycles. The summed E-state index contributed by atoms with van der Waals surface area (Å²) in [5.74, 6) is -0.582. The van der Waals surface area contributed by atoms with Gasteiger partial charge in [-0.05, 0) is 26.2 Å². The van der Waals surface area contributed by atoms with Crippen LogP contribution in [0, 0.1) is 0 Å². The first-order valence-electron chi connectivity index (χ1n) is 7.36. The van der Waals surface area contributed by atoms with E-state index in [4.69, 9.17) is 23.2 Å². The fourth-order valence-corrected chi connectivity index (χ4v) is 2.40. The average molecular weight is 410 g/mol. The lowest BCUT2D eigenvalue weighted by Crippen LogP contribution is -2.22. The van der Waals surface area contributed by atoms with Gasteiger partial charge in [0.05, 0.1) is 10.0 Å². The lowest BCUT2D eigenvalue weighted by atomic mass is 10.3. The van der Waals surface area contributed by atoms with Crippen LogP contribution in [-0.4, -0.2) is 47.2 Å². The number of alkyl halides is 3. The minimum Gasteiger partial charge on any atom is -0.505 e. The molecule has 26 heavy (non-hydrogen) atoms. The van der Waals surface area contributed by atoms with E-state index in [1.807, 2.05) is 19.0 Å². The number of benzene rings is 1. The molecule has 6 nitrogen and oxygen atoms in total. The highest BCUT2D eigenvalue weighted by atomic mass is 35.5. The van der Waals surface area contributed by atoms with Crippen molar-refractivity contribution in [3.05, 3.63) is 33.9 Å². The molecule has 142 valence electrons. The predicted octanol–water partition coefficient (Wildman–Crippen LogP) is 4.22. The Kier molecular flexibility index (Phi) is 6.38. The monoisotopic (exact) mass is 409 g/mol. The van der Waals surface area contributed by atoms with Gasteiger partial charge in [0.25, 0.3) is 0 Å². The topological polar surface area (TPSA) is 73.3 Å².